The van der Waals surface area contributed by atoms with Crippen molar-refractivity contribution in [3.63, 3.8) is 0 Å². The van der Waals surface area contributed by atoms with Crippen molar-refractivity contribution in [2.24, 2.45) is 11.7 Å². The molecule has 5 heteroatoms. The average molecular weight is 303 g/mol. The third-order valence-electron chi connectivity index (χ3n) is 4.32. The molecule has 3 N–H and O–H groups in total. The van der Waals surface area contributed by atoms with Crippen LogP contribution in [0.2, 0.25) is 0 Å². The van der Waals surface area contributed by atoms with Crippen LogP contribution in [-0.4, -0.2) is 35.3 Å². The highest BCUT2D eigenvalue weighted by atomic mass is 16.2. The molecular weight excluding hydrogens is 278 g/mol. The van der Waals surface area contributed by atoms with Crippen molar-refractivity contribution in [1.82, 2.24) is 10.2 Å². The third kappa shape index (κ3) is 3.47. The molecule has 2 amide bonds. The van der Waals surface area contributed by atoms with E-state index < -0.39 is 6.04 Å². The second-order valence-corrected chi connectivity index (χ2v) is 6.20. The quantitative estimate of drug-likeness (QED) is 0.864. The van der Waals surface area contributed by atoms with Crippen molar-refractivity contribution in [3.8, 4) is 0 Å². The molecule has 5 nitrogen and oxygen atoms in total. The van der Waals surface area contributed by atoms with E-state index in [1.54, 1.807) is 11.8 Å². The molecule has 3 unspecified atom stereocenters. The van der Waals surface area contributed by atoms with Gasteiger partial charge in [0, 0.05) is 18.6 Å². The number of hydrogen-bond donors (Lipinski definition) is 2. The smallest absolute Gasteiger partial charge is 0.245 e. The average Bonchev–Trinajstić information content (AvgIpc) is 2.87. The first-order valence-corrected chi connectivity index (χ1v) is 7.83. The summed E-state index contributed by atoms with van der Waals surface area (Å²) in [7, 11) is 0. The third-order valence-corrected chi connectivity index (χ3v) is 4.32. The second kappa shape index (κ2) is 6.92. The summed E-state index contributed by atoms with van der Waals surface area (Å²) in [6.45, 7) is 6.46. The second-order valence-electron chi connectivity index (χ2n) is 6.20. The van der Waals surface area contributed by atoms with Gasteiger partial charge < -0.3 is 16.0 Å². The molecule has 0 spiro atoms. The highest BCUT2D eigenvalue weighted by Crippen LogP contribution is 2.20. The standard InChI is InChI=1S/C17H25N3O2/c1-11(2)20-10-9-14(17(20)22)19-16(21)12(3)15(18)13-7-5-4-6-8-13/h4-8,11-12,14-15H,9-10,18H2,1-3H3,(H,19,21). The molecule has 1 aliphatic heterocycles. The van der Waals surface area contributed by atoms with Crippen molar-refractivity contribution >= 4 is 11.8 Å². The Bertz CT molecular complexity index is 530. The largest absolute Gasteiger partial charge is 0.344 e. The van der Waals surface area contributed by atoms with E-state index in [2.05, 4.69) is 5.32 Å². The van der Waals surface area contributed by atoms with Crippen LogP contribution in [0.3, 0.4) is 0 Å². The van der Waals surface area contributed by atoms with Crippen molar-refractivity contribution in [2.75, 3.05) is 6.54 Å². The fourth-order valence-electron chi connectivity index (χ4n) is 2.78. The molecule has 1 fully saturated rings. The highest BCUT2D eigenvalue weighted by Gasteiger charge is 2.35. The van der Waals surface area contributed by atoms with Crippen molar-refractivity contribution < 1.29 is 9.59 Å². The lowest BCUT2D eigenvalue weighted by atomic mass is 9.94. The molecule has 120 valence electrons. The molecule has 1 heterocycles. The van der Waals surface area contributed by atoms with Crippen LogP contribution < -0.4 is 11.1 Å². The zero-order valence-corrected chi connectivity index (χ0v) is 13.5. The lowest BCUT2D eigenvalue weighted by molar-refractivity contribution is -0.134. The fourth-order valence-corrected chi connectivity index (χ4v) is 2.78. The summed E-state index contributed by atoms with van der Waals surface area (Å²) in [6, 6.07) is 8.92. The number of benzene rings is 1. The molecule has 1 aromatic rings. The van der Waals surface area contributed by atoms with Crippen LogP contribution in [-0.2, 0) is 9.59 Å². The first-order chi connectivity index (χ1) is 10.4. The first kappa shape index (κ1) is 16.5. The molecular formula is C17H25N3O2. The van der Waals surface area contributed by atoms with Crippen LogP contribution in [0.5, 0.6) is 0 Å². The summed E-state index contributed by atoms with van der Waals surface area (Å²) < 4.78 is 0. The van der Waals surface area contributed by atoms with E-state index in [4.69, 9.17) is 5.73 Å². The number of nitrogens with two attached hydrogens (primary N) is 1. The zero-order valence-electron chi connectivity index (χ0n) is 13.5. The molecule has 0 saturated carbocycles. The number of nitrogens with one attached hydrogen (secondary N) is 1. The normalized spacial score (nSPS) is 21.0. The van der Waals surface area contributed by atoms with E-state index in [0.29, 0.717) is 13.0 Å². The minimum atomic E-state index is -0.416. The van der Waals surface area contributed by atoms with Crippen molar-refractivity contribution in [3.05, 3.63) is 35.9 Å². The summed E-state index contributed by atoms with van der Waals surface area (Å²) in [6.07, 6.45) is 0.663. The molecule has 1 aromatic carbocycles. The van der Waals surface area contributed by atoms with E-state index in [-0.39, 0.29) is 29.8 Å². The van der Waals surface area contributed by atoms with Crippen LogP contribution >= 0.6 is 0 Å². The number of carbonyl (C=O) groups excluding carboxylic acids is 2. The molecule has 3 atom stereocenters. The van der Waals surface area contributed by atoms with Crippen LogP contribution in [0.15, 0.2) is 30.3 Å². The number of amides is 2. The minimum Gasteiger partial charge on any atom is -0.344 e. The van der Waals surface area contributed by atoms with E-state index in [0.717, 1.165) is 5.56 Å². The van der Waals surface area contributed by atoms with Gasteiger partial charge in [0.05, 0.1) is 5.92 Å². The van der Waals surface area contributed by atoms with Gasteiger partial charge in [-0.05, 0) is 25.8 Å². The van der Waals surface area contributed by atoms with Gasteiger partial charge in [-0.25, -0.2) is 0 Å². The van der Waals surface area contributed by atoms with E-state index >= 15 is 0 Å². The maximum Gasteiger partial charge on any atom is 0.245 e. The molecule has 0 bridgehead atoms. The topological polar surface area (TPSA) is 75.4 Å². The maximum atomic E-state index is 12.4. The number of hydrogen-bond acceptors (Lipinski definition) is 3. The Morgan fingerprint density at radius 1 is 1.27 bits per heavy atom. The predicted molar refractivity (Wildman–Crippen MR) is 85.9 cm³/mol. The number of nitrogens with zero attached hydrogens (tertiary/aromatic N) is 1. The molecule has 2 rings (SSSR count). The Balaban J connectivity index is 1.96. The number of likely N-dealkylation sites (tertiary alicyclic amines) is 1. The molecule has 0 radical (unpaired) electrons. The van der Waals surface area contributed by atoms with Gasteiger partial charge in [0.1, 0.15) is 6.04 Å². The monoisotopic (exact) mass is 303 g/mol. The molecule has 0 aromatic heterocycles. The van der Waals surface area contributed by atoms with Crippen molar-refractivity contribution in [2.45, 2.75) is 45.3 Å². The van der Waals surface area contributed by atoms with Crippen molar-refractivity contribution in [1.29, 1.82) is 0 Å². The summed E-state index contributed by atoms with van der Waals surface area (Å²) >= 11 is 0. The van der Waals surface area contributed by atoms with Gasteiger partial charge in [-0.15, -0.1) is 0 Å². The molecule has 22 heavy (non-hydrogen) atoms. The summed E-state index contributed by atoms with van der Waals surface area (Å²) in [5.74, 6) is -0.549. The number of rotatable bonds is 5. The lowest BCUT2D eigenvalue weighted by Crippen LogP contribution is -2.46. The van der Waals surface area contributed by atoms with Gasteiger partial charge in [-0.3, -0.25) is 9.59 Å². The van der Waals surface area contributed by atoms with Gasteiger partial charge in [0.2, 0.25) is 11.8 Å². The fraction of sp³-hybridized carbons (Fsp3) is 0.529. The Labute approximate surface area is 131 Å². The van der Waals surface area contributed by atoms with E-state index in [1.165, 1.54) is 0 Å². The van der Waals surface area contributed by atoms with Gasteiger partial charge >= 0.3 is 0 Å². The lowest BCUT2D eigenvalue weighted by Gasteiger charge is -2.23. The SMILES string of the molecule is CC(C(=O)NC1CCN(C(C)C)C1=O)C(N)c1ccccc1. The van der Waals surface area contributed by atoms with Gasteiger partial charge in [-0.2, -0.15) is 0 Å². The van der Waals surface area contributed by atoms with Crippen LogP contribution in [0.1, 0.15) is 38.8 Å². The first-order valence-electron chi connectivity index (χ1n) is 7.83. The van der Waals surface area contributed by atoms with Crippen LogP contribution in [0.4, 0.5) is 0 Å². The molecule has 1 aliphatic rings. The minimum absolute atomic E-state index is 0.00355. The van der Waals surface area contributed by atoms with E-state index in [9.17, 15) is 9.59 Å². The Morgan fingerprint density at radius 3 is 2.45 bits per heavy atom. The molecule has 0 aliphatic carbocycles. The molecule has 1 saturated heterocycles. The van der Waals surface area contributed by atoms with E-state index in [1.807, 2.05) is 44.2 Å². The van der Waals surface area contributed by atoms with Gasteiger partial charge in [0.15, 0.2) is 0 Å². The zero-order chi connectivity index (χ0) is 16.3. The predicted octanol–water partition coefficient (Wildman–Crippen LogP) is 1.45. The van der Waals surface area contributed by atoms with Gasteiger partial charge in [-0.1, -0.05) is 37.3 Å². The Morgan fingerprint density at radius 2 is 1.91 bits per heavy atom. The Kier molecular flexibility index (Phi) is 5.19. The summed E-state index contributed by atoms with van der Waals surface area (Å²) in [5.41, 5.74) is 7.09. The summed E-state index contributed by atoms with van der Waals surface area (Å²) in [5, 5.41) is 2.85. The maximum absolute atomic E-state index is 12.4. The highest BCUT2D eigenvalue weighted by molar-refractivity contribution is 5.90. The summed E-state index contributed by atoms with van der Waals surface area (Å²) in [4.78, 5) is 26.4. The van der Waals surface area contributed by atoms with Gasteiger partial charge in [0.25, 0.3) is 0 Å². The Hall–Kier alpha value is -1.88. The number of carbonyl (C=O) groups is 2. The van der Waals surface area contributed by atoms with Crippen LogP contribution in [0, 0.1) is 5.92 Å². The van der Waals surface area contributed by atoms with Crippen LogP contribution in [0.25, 0.3) is 0 Å².